The lowest BCUT2D eigenvalue weighted by molar-refractivity contribution is -0.122. The Hall–Kier alpha value is -3.81. The minimum atomic E-state index is -0.493. The molecular weight excluding hydrogens is 362 g/mol. The van der Waals surface area contributed by atoms with Gasteiger partial charge in [-0.2, -0.15) is 0 Å². The van der Waals surface area contributed by atoms with E-state index in [0.29, 0.717) is 34.0 Å². The van der Waals surface area contributed by atoms with E-state index in [4.69, 9.17) is 14.2 Å². The number of nitrogens with one attached hydrogen (secondary N) is 2. The quantitative estimate of drug-likeness (QED) is 0.659. The maximum Gasteiger partial charge on any atom is 0.259 e. The molecule has 0 atom stereocenters. The molecule has 0 saturated carbocycles. The molecule has 0 radical (unpaired) electrons. The van der Waals surface area contributed by atoms with E-state index < -0.39 is 11.8 Å². The summed E-state index contributed by atoms with van der Waals surface area (Å²) in [5.74, 6) is 0.204. The highest BCUT2D eigenvalue weighted by molar-refractivity contribution is 6.50. The van der Waals surface area contributed by atoms with Gasteiger partial charge in [-0.25, -0.2) is 4.98 Å². The number of hydrogen-bond acceptors (Lipinski definition) is 6. The van der Waals surface area contributed by atoms with Crippen LogP contribution in [0.1, 0.15) is 11.1 Å². The molecule has 4 rings (SSSR count). The van der Waals surface area contributed by atoms with Gasteiger partial charge in [0, 0.05) is 23.3 Å². The molecule has 1 aliphatic heterocycles. The van der Waals surface area contributed by atoms with E-state index in [0.717, 1.165) is 5.39 Å². The monoisotopic (exact) mass is 379 g/mol. The minimum Gasteiger partial charge on any atom is -0.493 e. The summed E-state index contributed by atoms with van der Waals surface area (Å²) in [6, 6.07) is 6.89. The first-order valence-corrected chi connectivity index (χ1v) is 8.41. The largest absolute Gasteiger partial charge is 0.493 e. The molecule has 3 heterocycles. The van der Waals surface area contributed by atoms with E-state index in [2.05, 4.69) is 15.3 Å². The third-order valence-electron chi connectivity index (χ3n) is 4.61. The van der Waals surface area contributed by atoms with Crippen LogP contribution < -0.4 is 19.5 Å². The molecule has 0 aliphatic carbocycles. The number of methoxy groups -OCH3 is 3. The van der Waals surface area contributed by atoms with Gasteiger partial charge < -0.3 is 19.2 Å². The summed E-state index contributed by atoms with van der Waals surface area (Å²) >= 11 is 0. The molecule has 2 aromatic heterocycles. The molecule has 0 spiro atoms. The molecule has 28 heavy (non-hydrogen) atoms. The van der Waals surface area contributed by atoms with Gasteiger partial charge in [0.2, 0.25) is 5.75 Å². The number of fused-ring (bicyclic) bond motifs is 1. The fourth-order valence-electron chi connectivity index (χ4n) is 3.38. The van der Waals surface area contributed by atoms with Crippen LogP contribution in [0.4, 0.5) is 0 Å². The van der Waals surface area contributed by atoms with Crippen LogP contribution in [0.15, 0.2) is 36.7 Å². The zero-order valence-corrected chi connectivity index (χ0v) is 15.5. The van der Waals surface area contributed by atoms with Crippen LogP contribution in [0.2, 0.25) is 0 Å². The second-order valence-electron chi connectivity index (χ2n) is 6.05. The lowest BCUT2D eigenvalue weighted by Crippen LogP contribution is -2.22. The van der Waals surface area contributed by atoms with E-state index in [9.17, 15) is 9.59 Å². The van der Waals surface area contributed by atoms with Crippen molar-refractivity contribution < 1.29 is 23.8 Å². The van der Waals surface area contributed by atoms with Gasteiger partial charge in [0.1, 0.15) is 5.65 Å². The van der Waals surface area contributed by atoms with E-state index in [1.165, 1.54) is 21.3 Å². The standard InChI is InChI=1S/C20H17N3O5/c1-26-13-7-10(8-14(27-2)17(13)28-3)15-16(20(25)23-19(15)24)12-9-22-18-11(12)5-4-6-21-18/h4-9H,1-3H3,(H,21,22)(H,23,24,25). The lowest BCUT2D eigenvalue weighted by Gasteiger charge is -2.14. The Labute approximate surface area is 160 Å². The highest BCUT2D eigenvalue weighted by atomic mass is 16.5. The summed E-state index contributed by atoms with van der Waals surface area (Å²) < 4.78 is 16.1. The Bertz CT molecular complexity index is 1120. The van der Waals surface area contributed by atoms with E-state index in [-0.39, 0.29) is 11.1 Å². The van der Waals surface area contributed by atoms with Gasteiger partial charge in [-0.15, -0.1) is 0 Å². The van der Waals surface area contributed by atoms with Gasteiger partial charge in [-0.3, -0.25) is 14.9 Å². The molecule has 8 heteroatoms. The molecule has 0 unspecified atom stereocenters. The summed E-state index contributed by atoms with van der Waals surface area (Å²) in [4.78, 5) is 32.6. The molecule has 1 aromatic carbocycles. The van der Waals surface area contributed by atoms with Crippen molar-refractivity contribution in [2.75, 3.05) is 21.3 Å². The maximum absolute atomic E-state index is 12.7. The van der Waals surface area contributed by atoms with E-state index >= 15 is 0 Å². The number of carbonyl (C=O) groups is 2. The first-order chi connectivity index (χ1) is 13.6. The number of ether oxygens (including phenoxy) is 3. The smallest absolute Gasteiger partial charge is 0.259 e. The second-order valence-corrected chi connectivity index (χ2v) is 6.05. The molecule has 2 N–H and O–H groups in total. The van der Waals surface area contributed by atoms with Crippen LogP contribution in [-0.4, -0.2) is 43.1 Å². The Balaban J connectivity index is 2.00. The van der Waals surface area contributed by atoms with Gasteiger partial charge >= 0.3 is 0 Å². The fraction of sp³-hybridized carbons (Fsp3) is 0.150. The highest BCUT2D eigenvalue weighted by Crippen LogP contribution is 2.42. The first kappa shape index (κ1) is 17.6. The van der Waals surface area contributed by atoms with Gasteiger partial charge in [0.25, 0.3) is 11.8 Å². The molecule has 8 nitrogen and oxygen atoms in total. The van der Waals surface area contributed by atoms with Crippen molar-refractivity contribution in [1.82, 2.24) is 15.3 Å². The number of imide groups is 1. The molecule has 0 bridgehead atoms. The summed E-state index contributed by atoms with van der Waals surface area (Å²) in [7, 11) is 4.47. The number of hydrogen-bond donors (Lipinski definition) is 2. The van der Waals surface area contributed by atoms with Gasteiger partial charge in [-0.05, 0) is 29.8 Å². The number of rotatable bonds is 5. The van der Waals surface area contributed by atoms with Crippen molar-refractivity contribution >= 4 is 34.0 Å². The van der Waals surface area contributed by atoms with Crippen molar-refractivity contribution in [3.63, 3.8) is 0 Å². The summed E-state index contributed by atoms with van der Waals surface area (Å²) in [5, 5.41) is 3.12. The zero-order valence-electron chi connectivity index (χ0n) is 15.5. The molecule has 1 aliphatic rings. The Kier molecular flexibility index (Phi) is 4.23. The van der Waals surface area contributed by atoms with Crippen LogP contribution in [0, 0.1) is 0 Å². The van der Waals surface area contributed by atoms with Crippen LogP contribution >= 0.6 is 0 Å². The molecule has 2 amide bonds. The van der Waals surface area contributed by atoms with Crippen LogP contribution in [-0.2, 0) is 9.59 Å². The predicted octanol–water partition coefficient (Wildman–Crippen LogP) is 2.16. The predicted molar refractivity (Wildman–Crippen MR) is 102 cm³/mol. The maximum atomic E-state index is 12.7. The van der Waals surface area contributed by atoms with Crippen molar-refractivity contribution in [2.24, 2.45) is 0 Å². The normalized spacial score (nSPS) is 13.8. The van der Waals surface area contributed by atoms with Gasteiger partial charge in [-0.1, -0.05) is 0 Å². The lowest BCUT2D eigenvalue weighted by atomic mass is 9.96. The van der Waals surface area contributed by atoms with Crippen molar-refractivity contribution in [3.8, 4) is 17.2 Å². The van der Waals surface area contributed by atoms with Crippen LogP contribution in [0.3, 0.4) is 0 Å². The number of carbonyl (C=O) groups excluding carboxylic acids is 2. The zero-order chi connectivity index (χ0) is 19.8. The molecule has 3 aromatic rings. The fourth-order valence-corrected chi connectivity index (χ4v) is 3.38. The van der Waals surface area contributed by atoms with Gasteiger partial charge in [0.05, 0.1) is 32.5 Å². The Morgan fingerprint density at radius 1 is 0.929 bits per heavy atom. The summed E-state index contributed by atoms with van der Waals surface area (Å²) in [6.07, 6.45) is 3.32. The number of nitrogens with zero attached hydrogens (tertiary/aromatic N) is 1. The van der Waals surface area contributed by atoms with Crippen molar-refractivity contribution in [2.45, 2.75) is 0 Å². The number of pyridine rings is 1. The number of benzene rings is 1. The molecule has 0 fully saturated rings. The first-order valence-electron chi connectivity index (χ1n) is 8.41. The van der Waals surface area contributed by atoms with Crippen LogP contribution in [0.25, 0.3) is 22.2 Å². The minimum absolute atomic E-state index is 0.231. The molecular formula is C20H17N3O5. The molecule has 142 valence electrons. The van der Waals surface area contributed by atoms with Crippen molar-refractivity contribution in [3.05, 3.63) is 47.8 Å². The summed E-state index contributed by atoms with van der Waals surface area (Å²) in [5.41, 5.74) is 2.19. The average molecular weight is 379 g/mol. The molecule has 0 saturated heterocycles. The number of amides is 2. The summed E-state index contributed by atoms with van der Waals surface area (Å²) in [6.45, 7) is 0. The van der Waals surface area contributed by atoms with E-state index in [1.54, 1.807) is 30.6 Å². The van der Waals surface area contributed by atoms with Crippen LogP contribution in [0.5, 0.6) is 17.2 Å². The SMILES string of the molecule is COc1cc(C2=C(c3c[nH]c4ncccc34)C(=O)NC2=O)cc(OC)c1OC. The Morgan fingerprint density at radius 3 is 2.25 bits per heavy atom. The van der Waals surface area contributed by atoms with E-state index in [1.807, 2.05) is 6.07 Å². The number of aromatic amines is 1. The number of aromatic nitrogens is 2. The van der Waals surface area contributed by atoms with Crippen molar-refractivity contribution in [1.29, 1.82) is 0 Å². The second kappa shape index (κ2) is 6.73. The topological polar surface area (TPSA) is 103 Å². The average Bonchev–Trinajstić information content (AvgIpc) is 3.26. The Morgan fingerprint density at radius 2 is 1.61 bits per heavy atom. The third-order valence-corrected chi connectivity index (χ3v) is 4.61. The highest BCUT2D eigenvalue weighted by Gasteiger charge is 2.34. The van der Waals surface area contributed by atoms with Gasteiger partial charge in [0.15, 0.2) is 11.5 Å². The number of H-pyrrole nitrogens is 1. The third kappa shape index (κ3) is 2.58.